The average molecular weight is 364 g/mol. The molecular formula is C17H20N2O5S. The minimum Gasteiger partial charge on any atom is -0.456 e. The lowest BCUT2D eigenvalue weighted by atomic mass is 10.2. The minimum atomic E-state index is -0.570. The molecule has 7 nitrogen and oxygen atoms in total. The third-order valence-corrected chi connectivity index (χ3v) is 5.25. The van der Waals surface area contributed by atoms with Crippen LogP contribution < -0.4 is 10.6 Å². The number of carbonyl (C=O) groups is 3. The molecule has 2 aliphatic rings. The van der Waals surface area contributed by atoms with Gasteiger partial charge >= 0.3 is 5.97 Å². The van der Waals surface area contributed by atoms with Crippen molar-refractivity contribution < 1.29 is 23.9 Å². The monoisotopic (exact) mass is 364 g/mol. The number of anilines is 1. The summed E-state index contributed by atoms with van der Waals surface area (Å²) >= 11 is 1.32. The maximum Gasteiger partial charge on any atom is 0.307 e. The van der Waals surface area contributed by atoms with Crippen LogP contribution in [0, 0.1) is 0 Å². The average Bonchev–Trinajstić information content (AvgIpc) is 3.12. The lowest BCUT2D eigenvalue weighted by Crippen LogP contribution is -2.36. The van der Waals surface area contributed by atoms with Gasteiger partial charge in [-0.25, -0.2) is 0 Å². The Balaban J connectivity index is 1.40. The summed E-state index contributed by atoms with van der Waals surface area (Å²) in [4.78, 5) is 36.6. The summed E-state index contributed by atoms with van der Waals surface area (Å²) < 4.78 is 10.4. The maximum atomic E-state index is 12.0. The van der Waals surface area contributed by atoms with Gasteiger partial charge in [0.25, 0.3) is 5.91 Å². The van der Waals surface area contributed by atoms with Gasteiger partial charge in [-0.3, -0.25) is 14.4 Å². The molecule has 2 N–H and O–H groups in total. The standard InChI is InChI=1S/C17H20N2O5S/c20-15(18-9-11-4-3-7-23-11)10-24-16(21)8-14-17(22)19-12-5-1-2-6-13(12)25-14/h1-2,5-6,11,14H,3-4,7-10H2,(H,18,20)(H,19,22)/t11-,14-/m0/s1. The van der Waals surface area contributed by atoms with E-state index >= 15 is 0 Å². The number of hydrogen-bond acceptors (Lipinski definition) is 6. The van der Waals surface area contributed by atoms with E-state index in [0.717, 1.165) is 30.0 Å². The molecule has 1 aromatic carbocycles. The molecule has 0 unspecified atom stereocenters. The zero-order valence-electron chi connectivity index (χ0n) is 13.7. The fourth-order valence-corrected chi connectivity index (χ4v) is 3.76. The first-order chi connectivity index (χ1) is 12.1. The highest BCUT2D eigenvalue weighted by Gasteiger charge is 2.29. The van der Waals surface area contributed by atoms with Crippen LogP contribution in [0.5, 0.6) is 0 Å². The van der Waals surface area contributed by atoms with Gasteiger partial charge in [0.15, 0.2) is 6.61 Å². The molecule has 2 atom stereocenters. The zero-order valence-corrected chi connectivity index (χ0v) is 14.5. The normalized spacial score (nSPS) is 22.0. The Kier molecular flexibility index (Phi) is 5.93. The van der Waals surface area contributed by atoms with E-state index in [1.165, 1.54) is 11.8 Å². The van der Waals surface area contributed by atoms with Gasteiger partial charge in [-0.1, -0.05) is 12.1 Å². The number of fused-ring (bicyclic) bond motifs is 1. The van der Waals surface area contributed by atoms with E-state index in [4.69, 9.17) is 9.47 Å². The van der Waals surface area contributed by atoms with E-state index in [2.05, 4.69) is 10.6 Å². The number of esters is 1. The van der Waals surface area contributed by atoms with Crippen LogP contribution in [0.15, 0.2) is 29.2 Å². The molecule has 0 aromatic heterocycles. The predicted octanol–water partition coefficient (Wildman–Crippen LogP) is 1.33. The van der Waals surface area contributed by atoms with Crippen LogP contribution in [0.4, 0.5) is 5.69 Å². The van der Waals surface area contributed by atoms with Gasteiger partial charge in [0.2, 0.25) is 5.91 Å². The van der Waals surface area contributed by atoms with Crippen LogP contribution in [0.25, 0.3) is 0 Å². The predicted molar refractivity (Wildman–Crippen MR) is 92.3 cm³/mol. The summed E-state index contributed by atoms with van der Waals surface area (Å²) in [5.41, 5.74) is 0.746. The quantitative estimate of drug-likeness (QED) is 0.740. The molecular weight excluding hydrogens is 344 g/mol. The van der Waals surface area contributed by atoms with Crippen LogP contribution in [0.3, 0.4) is 0 Å². The number of rotatable bonds is 6. The van der Waals surface area contributed by atoms with E-state index in [0.29, 0.717) is 6.54 Å². The Morgan fingerprint density at radius 3 is 3.00 bits per heavy atom. The van der Waals surface area contributed by atoms with Gasteiger partial charge in [0.1, 0.15) is 0 Å². The van der Waals surface area contributed by atoms with E-state index < -0.39 is 11.2 Å². The minimum absolute atomic E-state index is 0.0436. The second-order valence-corrected chi connectivity index (χ2v) is 7.14. The van der Waals surface area contributed by atoms with E-state index in [-0.39, 0.29) is 30.9 Å². The lowest BCUT2D eigenvalue weighted by molar-refractivity contribution is -0.149. The second-order valence-electron chi connectivity index (χ2n) is 5.90. The fourth-order valence-electron chi connectivity index (χ4n) is 2.67. The molecule has 25 heavy (non-hydrogen) atoms. The largest absolute Gasteiger partial charge is 0.456 e. The first kappa shape index (κ1) is 17.8. The third-order valence-electron chi connectivity index (χ3n) is 3.97. The zero-order chi connectivity index (χ0) is 17.6. The molecule has 0 saturated carbocycles. The molecule has 8 heteroatoms. The van der Waals surface area contributed by atoms with Crippen molar-refractivity contribution in [3.05, 3.63) is 24.3 Å². The van der Waals surface area contributed by atoms with Crippen molar-refractivity contribution in [2.75, 3.05) is 25.1 Å². The van der Waals surface area contributed by atoms with Crippen molar-refractivity contribution in [1.82, 2.24) is 5.32 Å². The van der Waals surface area contributed by atoms with Crippen LogP contribution in [-0.2, 0) is 23.9 Å². The molecule has 2 amide bonds. The fraction of sp³-hybridized carbons (Fsp3) is 0.471. The molecule has 2 aliphatic heterocycles. The second kappa shape index (κ2) is 8.35. The van der Waals surface area contributed by atoms with Crippen LogP contribution in [-0.4, -0.2) is 48.9 Å². The van der Waals surface area contributed by atoms with E-state index in [9.17, 15) is 14.4 Å². The van der Waals surface area contributed by atoms with Crippen molar-refractivity contribution >= 4 is 35.2 Å². The van der Waals surface area contributed by atoms with Crippen molar-refractivity contribution in [3.63, 3.8) is 0 Å². The summed E-state index contributed by atoms with van der Waals surface area (Å²) in [5, 5.41) is 4.89. The Morgan fingerprint density at radius 2 is 2.20 bits per heavy atom. The van der Waals surface area contributed by atoms with Crippen molar-refractivity contribution in [3.8, 4) is 0 Å². The number of hydrogen-bond donors (Lipinski definition) is 2. The smallest absolute Gasteiger partial charge is 0.307 e. The third kappa shape index (κ3) is 4.96. The van der Waals surface area contributed by atoms with Crippen LogP contribution in [0.2, 0.25) is 0 Å². The number of amides is 2. The molecule has 0 radical (unpaired) electrons. The van der Waals surface area contributed by atoms with E-state index in [1.807, 2.05) is 24.3 Å². The SMILES string of the molecule is O=C(COC(=O)C[C@@H]1Sc2ccccc2NC1=O)NC[C@@H]1CCCO1. The van der Waals surface area contributed by atoms with Gasteiger partial charge in [-0.05, 0) is 25.0 Å². The summed E-state index contributed by atoms with van der Waals surface area (Å²) in [6.07, 6.45) is 1.89. The van der Waals surface area contributed by atoms with Crippen molar-refractivity contribution in [2.45, 2.75) is 35.5 Å². The Bertz CT molecular complexity index is 660. The molecule has 2 heterocycles. The van der Waals surface area contributed by atoms with Crippen molar-refractivity contribution in [1.29, 1.82) is 0 Å². The lowest BCUT2D eigenvalue weighted by Gasteiger charge is -2.23. The Hall–Kier alpha value is -2.06. The Morgan fingerprint density at radius 1 is 1.36 bits per heavy atom. The van der Waals surface area contributed by atoms with Gasteiger partial charge < -0.3 is 20.1 Å². The number of carbonyl (C=O) groups excluding carboxylic acids is 3. The molecule has 1 fully saturated rings. The molecule has 1 aromatic rings. The molecule has 0 aliphatic carbocycles. The molecule has 0 spiro atoms. The number of para-hydroxylation sites is 1. The topological polar surface area (TPSA) is 93.7 Å². The summed E-state index contributed by atoms with van der Waals surface area (Å²) in [5.74, 6) is -1.17. The first-order valence-corrected chi connectivity index (χ1v) is 9.10. The highest BCUT2D eigenvalue weighted by molar-refractivity contribution is 8.01. The molecule has 1 saturated heterocycles. The number of thioether (sulfide) groups is 1. The molecule has 134 valence electrons. The Labute approximate surface area is 149 Å². The number of nitrogens with one attached hydrogen (secondary N) is 2. The molecule has 0 bridgehead atoms. The van der Waals surface area contributed by atoms with Crippen molar-refractivity contribution in [2.24, 2.45) is 0 Å². The molecule has 3 rings (SSSR count). The van der Waals surface area contributed by atoms with Crippen LogP contribution >= 0.6 is 11.8 Å². The van der Waals surface area contributed by atoms with Gasteiger partial charge in [0, 0.05) is 18.0 Å². The summed E-state index contributed by atoms with van der Waals surface area (Å²) in [6.45, 7) is 0.801. The maximum absolute atomic E-state index is 12.0. The summed E-state index contributed by atoms with van der Waals surface area (Å²) in [6, 6.07) is 7.41. The highest BCUT2D eigenvalue weighted by atomic mass is 32.2. The van der Waals surface area contributed by atoms with Crippen LogP contribution in [0.1, 0.15) is 19.3 Å². The van der Waals surface area contributed by atoms with Gasteiger partial charge in [-0.15, -0.1) is 11.8 Å². The first-order valence-electron chi connectivity index (χ1n) is 8.22. The van der Waals surface area contributed by atoms with Gasteiger partial charge in [-0.2, -0.15) is 0 Å². The number of benzene rings is 1. The van der Waals surface area contributed by atoms with Gasteiger partial charge in [0.05, 0.1) is 23.5 Å². The highest BCUT2D eigenvalue weighted by Crippen LogP contribution is 2.36. The van der Waals surface area contributed by atoms with E-state index in [1.54, 1.807) is 0 Å². The number of ether oxygens (including phenoxy) is 2. The summed E-state index contributed by atoms with van der Waals surface area (Å²) in [7, 11) is 0.